The quantitative estimate of drug-likeness (QED) is 0.901. The van der Waals surface area contributed by atoms with E-state index in [9.17, 15) is 10.2 Å². The van der Waals surface area contributed by atoms with Gasteiger partial charge in [0.1, 0.15) is 0 Å². The number of phenolic OH excluding ortho intramolecular Hbond substituents is 1. The molecular weight excluding hydrogens is 278 g/mol. The lowest BCUT2D eigenvalue weighted by Crippen LogP contribution is -2.48. The van der Waals surface area contributed by atoms with E-state index in [1.807, 2.05) is 12.1 Å². The molecule has 1 aromatic carbocycles. The molecule has 0 spiro atoms. The Labute approximate surface area is 132 Å². The van der Waals surface area contributed by atoms with Crippen LogP contribution in [0.4, 0.5) is 0 Å². The molecule has 2 aliphatic rings. The highest BCUT2D eigenvalue weighted by Crippen LogP contribution is 2.43. The molecule has 4 nitrogen and oxygen atoms in total. The molecule has 0 radical (unpaired) electrons. The fourth-order valence-electron chi connectivity index (χ4n) is 4.11. The molecule has 0 aliphatic carbocycles. The molecule has 2 heterocycles. The van der Waals surface area contributed by atoms with Crippen LogP contribution in [0.3, 0.4) is 0 Å². The third-order valence-electron chi connectivity index (χ3n) is 5.16. The van der Waals surface area contributed by atoms with Crippen molar-refractivity contribution in [2.45, 2.75) is 45.3 Å². The van der Waals surface area contributed by atoms with Gasteiger partial charge in [0.05, 0.1) is 13.2 Å². The van der Waals surface area contributed by atoms with Crippen LogP contribution in [-0.2, 0) is 6.42 Å². The molecule has 3 rings (SSSR count). The molecule has 22 heavy (non-hydrogen) atoms. The number of aliphatic hydroxyl groups is 1. The van der Waals surface area contributed by atoms with Crippen LogP contribution in [0.2, 0.25) is 0 Å². The van der Waals surface area contributed by atoms with Gasteiger partial charge in [0, 0.05) is 19.1 Å². The summed E-state index contributed by atoms with van der Waals surface area (Å²) in [5.41, 5.74) is 2.40. The zero-order valence-electron chi connectivity index (χ0n) is 13.7. The third-order valence-corrected chi connectivity index (χ3v) is 5.16. The molecule has 4 heteroatoms. The summed E-state index contributed by atoms with van der Waals surface area (Å²) in [6, 6.07) is 4.01. The maximum atomic E-state index is 10.5. The van der Waals surface area contributed by atoms with Gasteiger partial charge >= 0.3 is 0 Å². The molecule has 0 aromatic heterocycles. The molecule has 0 saturated carbocycles. The van der Waals surface area contributed by atoms with E-state index in [1.165, 1.54) is 5.56 Å². The minimum atomic E-state index is -0.251. The molecular formula is C18H27NO3. The van der Waals surface area contributed by atoms with E-state index in [-0.39, 0.29) is 17.9 Å². The van der Waals surface area contributed by atoms with Crippen LogP contribution in [0, 0.1) is 11.8 Å². The number of ether oxygens (including phenoxy) is 1. The molecule has 2 aliphatic heterocycles. The summed E-state index contributed by atoms with van der Waals surface area (Å²) in [4.78, 5) is 2.48. The van der Waals surface area contributed by atoms with Crippen LogP contribution in [0.25, 0.3) is 0 Å². The van der Waals surface area contributed by atoms with Crippen molar-refractivity contribution in [3.05, 3.63) is 23.3 Å². The highest BCUT2D eigenvalue weighted by Gasteiger charge is 2.38. The molecule has 1 aromatic rings. The van der Waals surface area contributed by atoms with E-state index in [0.717, 1.165) is 37.9 Å². The minimum Gasteiger partial charge on any atom is -0.504 e. The Kier molecular flexibility index (Phi) is 4.33. The summed E-state index contributed by atoms with van der Waals surface area (Å²) in [6.07, 6.45) is 2.56. The van der Waals surface area contributed by atoms with Crippen molar-refractivity contribution in [1.82, 2.24) is 4.90 Å². The number of nitrogens with zero attached hydrogens (tertiary/aromatic N) is 1. The number of fused-ring (bicyclic) bond motifs is 3. The number of methoxy groups -OCH3 is 1. The highest BCUT2D eigenvalue weighted by molar-refractivity contribution is 5.48. The Morgan fingerprint density at radius 2 is 2.14 bits per heavy atom. The number of phenols is 1. The lowest BCUT2D eigenvalue weighted by molar-refractivity contribution is -0.0191. The van der Waals surface area contributed by atoms with Gasteiger partial charge in [0.25, 0.3) is 0 Å². The summed E-state index contributed by atoms with van der Waals surface area (Å²) in [5.74, 6) is 1.72. The van der Waals surface area contributed by atoms with E-state index in [1.54, 1.807) is 7.11 Å². The second kappa shape index (κ2) is 6.09. The van der Waals surface area contributed by atoms with E-state index in [0.29, 0.717) is 17.6 Å². The molecule has 1 saturated heterocycles. The van der Waals surface area contributed by atoms with E-state index >= 15 is 0 Å². The predicted molar refractivity (Wildman–Crippen MR) is 86.2 cm³/mol. The van der Waals surface area contributed by atoms with Crippen LogP contribution < -0.4 is 4.74 Å². The zero-order chi connectivity index (χ0) is 15.9. The van der Waals surface area contributed by atoms with E-state index < -0.39 is 0 Å². The van der Waals surface area contributed by atoms with Gasteiger partial charge in [0.15, 0.2) is 11.5 Å². The normalized spacial score (nSPS) is 28.3. The summed E-state index contributed by atoms with van der Waals surface area (Å²) < 4.78 is 5.22. The van der Waals surface area contributed by atoms with E-state index in [4.69, 9.17) is 4.74 Å². The van der Waals surface area contributed by atoms with Crippen LogP contribution >= 0.6 is 0 Å². The number of hydrogen-bond acceptors (Lipinski definition) is 4. The number of rotatable bonds is 3. The Hall–Kier alpha value is -1.26. The van der Waals surface area contributed by atoms with Gasteiger partial charge < -0.3 is 14.9 Å². The van der Waals surface area contributed by atoms with Crippen LogP contribution in [0.15, 0.2) is 12.1 Å². The van der Waals surface area contributed by atoms with Crippen molar-refractivity contribution in [2.75, 3.05) is 20.2 Å². The molecule has 0 unspecified atom stereocenters. The van der Waals surface area contributed by atoms with Gasteiger partial charge in [0.2, 0.25) is 0 Å². The largest absolute Gasteiger partial charge is 0.504 e. The lowest BCUT2D eigenvalue weighted by atomic mass is 9.79. The van der Waals surface area contributed by atoms with Crippen molar-refractivity contribution in [3.63, 3.8) is 0 Å². The van der Waals surface area contributed by atoms with Crippen molar-refractivity contribution < 1.29 is 14.9 Å². The summed E-state index contributed by atoms with van der Waals surface area (Å²) in [7, 11) is 1.58. The van der Waals surface area contributed by atoms with Crippen LogP contribution in [0.1, 0.15) is 43.9 Å². The molecule has 0 bridgehead atoms. The van der Waals surface area contributed by atoms with Gasteiger partial charge in [-0.2, -0.15) is 0 Å². The lowest BCUT2D eigenvalue weighted by Gasteiger charge is -2.46. The fraction of sp³-hybridized carbons (Fsp3) is 0.667. The summed E-state index contributed by atoms with van der Waals surface area (Å²) in [6.45, 7) is 6.41. The average Bonchev–Trinajstić information content (AvgIpc) is 2.47. The second-order valence-electron chi connectivity index (χ2n) is 7.18. The summed E-state index contributed by atoms with van der Waals surface area (Å²) >= 11 is 0. The van der Waals surface area contributed by atoms with Gasteiger partial charge in [-0.15, -0.1) is 0 Å². The Bertz CT molecular complexity index is 543. The maximum Gasteiger partial charge on any atom is 0.160 e. The Morgan fingerprint density at radius 3 is 2.82 bits per heavy atom. The molecule has 2 N–H and O–H groups in total. The third kappa shape index (κ3) is 2.82. The number of hydrogen-bond donors (Lipinski definition) is 2. The average molecular weight is 305 g/mol. The first-order valence-electron chi connectivity index (χ1n) is 8.31. The predicted octanol–water partition coefficient (Wildman–Crippen LogP) is 2.73. The van der Waals surface area contributed by atoms with Gasteiger partial charge in [-0.25, -0.2) is 0 Å². The second-order valence-corrected chi connectivity index (χ2v) is 7.18. The number of aromatic hydroxyl groups is 1. The van der Waals surface area contributed by atoms with Crippen molar-refractivity contribution >= 4 is 0 Å². The smallest absolute Gasteiger partial charge is 0.160 e. The molecule has 3 atom stereocenters. The highest BCUT2D eigenvalue weighted by atomic mass is 16.5. The monoisotopic (exact) mass is 305 g/mol. The number of aliphatic hydroxyl groups excluding tert-OH is 1. The fourth-order valence-corrected chi connectivity index (χ4v) is 4.11. The standard InChI is InChI=1S/C18H27NO3/c1-11(2)6-13-10-19-5-4-12-7-18(22-3)17(21)8-14(12)15(19)9-16(13)20/h7-8,11,13,15-16,20-21H,4-6,9-10H2,1-3H3/t13-,15-,16+/m1/s1. The first-order valence-corrected chi connectivity index (χ1v) is 8.31. The SMILES string of the molecule is COc1cc2c(cc1O)[C@H]1C[C@H](O)[C@H](CC(C)C)CN1CC2. The molecule has 0 amide bonds. The van der Waals surface area contributed by atoms with Crippen molar-refractivity contribution in [1.29, 1.82) is 0 Å². The van der Waals surface area contributed by atoms with Crippen molar-refractivity contribution in [2.24, 2.45) is 11.8 Å². The van der Waals surface area contributed by atoms with Crippen LogP contribution in [0.5, 0.6) is 11.5 Å². The first kappa shape index (κ1) is 15.6. The van der Waals surface area contributed by atoms with Gasteiger partial charge in [-0.05, 0) is 54.4 Å². The Balaban J connectivity index is 1.85. The number of benzene rings is 1. The number of piperidine rings is 1. The van der Waals surface area contributed by atoms with Gasteiger partial charge in [-0.1, -0.05) is 13.8 Å². The summed E-state index contributed by atoms with van der Waals surface area (Å²) in [5, 5.41) is 20.6. The Morgan fingerprint density at radius 1 is 1.36 bits per heavy atom. The van der Waals surface area contributed by atoms with Crippen LogP contribution in [-0.4, -0.2) is 41.4 Å². The molecule has 1 fully saturated rings. The maximum absolute atomic E-state index is 10.5. The van der Waals surface area contributed by atoms with Crippen molar-refractivity contribution in [3.8, 4) is 11.5 Å². The zero-order valence-corrected chi connectivity index (χ0v) is 13.7. The van der Waals surface area contributed by atoms with E-state index in [2.05, 4.69) is 18.7 Å². The molecule has 122 valence electrons. The minimum absolute atomic E-state index is 0.196. The topological polar surface area (TPSA) is 52.9 Å². The first-order chi connectivity index (χ1) is 10.5. The van der Waals surface area contributed by atoms with Gasteiger partial charge in [-0.3, -0.25) is 4.90 Å².